The van der Waals surface area contributed by atoms with E-state index in [1.54, 1.807) is 6.92 Å². The molecule has 7 heteroatoms. The average Bonchev–Trinajstić information content (AvgIpc) is 2.18. The minimum absolute atomic E-state index is 0.00305. The van der Waals surface area contributed by atoms with Gasteiger partial charge in [0.15, 0.2) is 6.61 Å². The van der Waals surface area contributed by atoms with Gasteiger partial charge < -0.3 is 9.84 Å². The van der Waals surface area contributed by atoms with Gasteiger partial charge in [-0.2, -0.15) is 13.2 Å². The van der Waals surface area contributed by atoms with E-state index in [4.69, 9.17) is 5.11 Å². The Kier molecular flexibility index (Phi) is 3.82. The second-order valence-corrected chi connectivity index (χ2v) is 3.32. The standard InChI is InChI=1S/C10H10F3NO3/c1-6-4-7(15)2-3-8(6)14-9(16)17-5-10(11,12)13/h2-4,15H,5H2,1H3,(H,14,16). The normalized spacial score (nSPS) is 11.1. The molecule has 1 rings (SSSR count). The van der Waals surface area contributed by atoms with E-state index in [1.807, 2.05) is 0 Å². The van der Waals surface area contributed by atoms with Crippen LogP contribution in [0, 0.1) is 6.92 Å². The fourth-order valence-corrected chi connectivity index (χ4v) is 1.08. The van der Waals surface area contributed by atoms with Gasteiger partial charge in [0.25, 0.3) is 0 Å². The molecule has 94 valence electrons. The summed E-state index contributed by atoms with van der Waals surface area (Å²) in [6.45, 7) is -0.0605. The van der Waals surface area contributed by atoms with Crippen molar-refractivity contribution in [3.63, 3.8) is 0 Å². The zero-order chi connectivity index (χ0) is 13.1. The Labute approximate surface area is 95.0 Å². The largest absolute Gasteiger partial charge is 0.508 e. The summed E-state index contributed by atoms with van der Waals surface area (Å²) in [5.41, 5.74) is 0.781. The number of carbonyl (C=O) groups is 1. The lowest BCUT2D eigenvalue weighted by molar-refractivity contribution is -0.159. The second kappa shape index (κ2) is 4.94. The van der Waals surface area contributed by atoms with Crippen molar-refractivity contribution in [3.8, 4) is 5.75 Å². The quantitative estimate of drug-likeness (QED) is 0.792. The molecule has 0 unspecified atom stereocenters. The minimum atomic E-state index is -4.55. The van der Waals surface area contributed by atoms with Crippen LogP contribution in [0.3, 0.4) is 0 Å². The second-order valence-electron chi connectivity index (χ2n) is 3.32. The van der Waals surface area contributed by atoms with Crippen molar-refractivity contribution in [2.45, 2.75) is 13.1 Å². The molecule has 17 heavy (non-hydrogen) atoms. The predicted octanol–water partition coefficient (Wildman–Crippen LogP) is 2.81. The molecule has 0 spiro atoms. The lowest BCUT2D eigenvalue weighted by Crippen LogP contribution is -2.23. The van der Waals surface area contributed by atoms with Gasteiger partial charge in [-0.3, -0.25) is 5.32 Å². The number of benzene rings is 1. The van der Waals surface area contributed by atoms with Gasteiger partial charge in [-0.05, 0) is 30.7 Å². The molecule has 0 atom stereocenters. The van der Waals surface area contributed by atoms with Crippen LogP contribution in [-0.2, 0) is 4.74 Å². The number of carbonyl (C=O) groups excluding carboxylic acids is 1. The molecule has 0 aliphatic heterocycles. The maximum atomic E-state index is 11.7. The third-order valence-electron chi connectivity index (χ3n) is 1.81. The highest BCUT2D eigenvalue weighted by Gasteiger charge is 2.29. The zero-order valence-corrected chi connectivity index (χ0v) is 8.84. The third-order valence-corrected chi connectivity index (χ3v) is 1.81. The molecule has 0 saturated heterocycles. The number of aromatic hydroxyl groups is 1. The molecule has 1 amide bonds. The van der Waals surface area contributed by atoms with Crippen molar-refractivity contribution in [2.24, 2.45) is 0 Å². The summed E-state index contributed by atoms with van der Waals surface area (Å²) in [6.07, 6.45) is -5.75. The summed E-state index contributed by atoms with van der Waals surface area (Å²) in [5.74, 6) is -0.00305. The first-order chi connectivity index (χ1) is 7.78. The Morgan fingerprint density at radius 2 is 2.12 bits per heavy atom. The highest BCUT2D eigenvalue weighted by atomic mass is 19.4. The van der Waals surface area contributed by atoms with Gasteiger partial charge in [-0.1, -0.05) is 0 Å². The lowest BCUT2D eigenvalue weighted by atomic mass is 10.2. The molecule has 1 aromatic carbocycles. The monoisotopic (exact) mass is 249 g/mol. The van der Waals surface area contributed by atoms with E-state index < -0.39 is 18.9 Å². The molecule has 2 N–H and O–H groups in total. The molecule has 4 nitrogen and oxygen atoms in total. The van der Waals surface area contributed by atoms with Crippen LogP contribution in [0.5, 0.6) is 5.75 Å². The highest BCUT2D eigenvalue weighted by molar-refractivity contribution is 5.85. The minimum Gasteiger partial charge on any atom is -0.508 e. The van der Waals surface area contributed by atoms with Crippen molar-refractivity contribution < 1.29 is 27.8 Å². The van der Waals surface area contributed by atoms with Crippen LogP contribution in [0.2, 0.25) is 0 Å². The first kappa shape index (κ1) is 13.1. The van der Waals surface area contributed by atoms with Crippen LogP contribution in [0.4, 0.5) is 23.7 Å². The molecule has 1 aromatic rings. The molecule has 0 bridgehead atoms. The van der Waals surface area contributed by atoms with E-state index in [0.29, 0.717) is 5.56 Å². The molecule has 0 fully saturated rings. The fourth-order valence-electron chi connectivity index (χ4n) is 1.08. The maximum Gasteiger partial charge on any atom is 0.422 e. The number of phenolic OH excluding ortho intramolecular Hbond substituents is 1. The zero-order valence-electron chi connectivity index (χ0n) is 8.84. The summed E-state index contributed by atoms with van der Waals surface area (Å²) in [6, 6.07) is 4.02. The van der Waals surface area contributed by atoms with Gasteiger partial charge >= 0.3 is 12.3 Å². The average molecular weight is 249 g/mol. The van der Waals surface area contributed by atoms with Crippen molar-refractivity contribution >= 4 is 11.8 Å². The number of aryl methyl sites for hydroxylation is 1. The molecular formula is C10H10F3NO3. The topological polar surface area (TPSA) is 58.6 Å². The molecule has 0 aliphatic rings. The maximum absolute atomic E-state index is 11.7. The van der Waals surface area contributed by atoms with E-state index in [1.165, 1.54) is 18.2 Å². The van der Waals surface area contributed by atoms with E-state index in [9.17, 15) is 18.0 Å². The number of hydrogen-bond acceptors (Lipinski definition) is 3. The van der Waals surface area contributed by atoms with Crippen molar-refractivity contribution in [3.05, 3.63) is 23.8 Å². The smallest absolute Gasteiger partial charge is 0.422 e. The summed E-state index contributed by atoms with van der Waals surface area (Å²) < 4.78 is 39.2. The first-order valence-electron chi connectivity index (χ1n) is 4.58. The Bertz CT molecular complexity index is 418. The van der Waals surface area contributed by atoms with E-state index in [-0.39, 0.29) is 11.4 Å². The van der Waals surface area contributed by atoms with Gasteiger partial charge in [-0.15, -0.1) is 0 Å². The summed E-state index contributed by atoms with van der Waals surface area (Å²) in [5, 5.41) is 11.2. The Hall–Kier alpha value is -1.92. The van der Waals surface area contributed by atoms with Crippen molar-refractivity contribution in [1.82, 2.24) is 0 Å². The van der Waals surface area contributed by atoms with Crippen LogP contribution in [0.25, 0.3) is 0 Å². The van der Waals surface area contributed by atoms with Gasteiger partial charge in [0, 0.05) is 5.69 Å². The molecule has 0 radical (unpaired) electrons. The molecule has 0 heterocycles. The van der Waals surface area contributed by atoms with E-state index in [0.717, 1.165) is 0 Å². The van der Waals surface area contributed by atoms with Crippen LogP contribution in [0.15, 0.2) is 18.2 Å². The Morgan fingerprint density at radius 3 is 2.65 bits per heavy atom. The van der Waals surface area contributed by atoms with E-state index in [2.05, 4.69) is 10.1 Å². The van der Waals surface area contributed by atoms with Gasteiger partial charge in [0.1, 0.15) is 5.75 Å². The number of hydrogen-bond donors (Lipinski definition) is 2. The van der Waals surface area contributed by atoms with Crippen molar-refractivity contribution in [2.75, 3.05) is 11.9 Å². The summed E-state index contributed by atoms with van der Waals surface area (Å²) in [4.78, 5) is 11.0. The molecule has 0 saturated carbocycles. The van der Waals surface area contributed by atoms with Gasteiger partial charge in [-0.25, -0.2) is 4.79 Å². The predicted molar refractivity (Wildman–Crippen MR) is 53.9 cm³/mol. The SMILES string of the molecule is Cc1cc(O)ccc1NC(=O)OCC(F)(F)F. The van der Waals surface area contributed by atoms with Crippen LogP contribution >= 0.6 is 0 Å². The molecule has 0 aliphatic carbocycles. The Balaban J connectivity index is 2.57. The number of ether oxygens (including phenoxy) is 1. The summed E-state index contributed by atoms with van der Waals surface area (Å²) in [7, 11) is 0. The van der Waals surface area contributed by atoms with Crippen LogP contribution in [0.1, 0.15) is 5.56 Å². The van der Waals surface area contributed by atoms with Crippen LogP contribution in [-0.4, -0.2) is 24.0 Å². The molecular weight excluding hydrogens is 239 g/mol. The van der Waals surface area contributed by atoms with Crippen molar-refractivity contribution in [1.29, 1.82) is 0 Å². The Morgan fingerprint density at radius 1 is 1.47 bits per heavy atom. The number of amides is 1. The van der Waals surface area contributed by atoms with E-state index >= 15 is 0 Å². The number of phenols is 1. The number of rotatable bonds is 2. The van der Waals surface area contributed by atoms with Gasteiger partial charge in [0.2, 0.25) is 0 Å². The van der Waals surface area contributed by atoms with Gasteiger partial charge in [0.05, 0.1) is 0 Å². The first-order valence-corrected chi connectivity index (χ1v) is 4.58. The van der Waals surface area contributed by atoms with Crippen LogP contribution < -0.4 is 5.32 Å². The lowest BCUT2D eigenvalue weighted by Gasteiger charge is -2.10. The third kappa shape index (κ3) is 4.62. The number of alkyl halides is 3. The number of halogens is 3. The highest BCUT2D eigenvalue weighted by Crippen LogP contribution is 2.20. The molecule has 0 aromatic heterocycles. The fraction of sp³-hybridized carbons (Fsp3) is 0.300. The number of nitrogens with one attached hydrogen (secondary N) is 1. The summed E-state index contributed by atoms with van der Waals surface area (Å²) >= 11 is 0. The number of anilines is 1.